The van der Waals surface area contributed by atoms with Crippen molar-refractivity contribution in [2.75, 3.05) is 0 Å². The Morgan fingerprint density at radius 2 is 2.45 bits per heavy atom. The van der Waals surface area contributed by atoms with Gasteiger partial charge in [0.2, 0.25) is 0 Å². The van der Waals surface area contributed by atoms with Crippen LogP contribution in [0.15, 0.2) is 28.8 Å². The molecule has 1 aliphatic carbocycles. The Bertz CT molecular complexity index is 299. The first-order chi connectivity index (χ1) is 5.27. The summed E-state index contributed by atoms with van der Waals surface area (Å²) >= 11 is 0. The summed E-state index contributed by atoms with van der Waals surface area (Å²) in [7, 11) is 0. The van der Waals surface area contributed by atoms with Crippen LogP contribution in [0.4, 0.5) is 4.79 Å². The van der Waals surface area contributed by atoms with E-state index in [9.17, 15) is 4.79 Å². The van der Waals surface area contributed by atoms with Crippen molar-refractivity contribution in [3.8, 4) is 0 Å². The van der Waals surface area contributed by atoms with Crippen LogP contribution in [0, 0.1) is 0 Å². The van der Waals surface area contributed by atoms with Crippen LogP contribution in [0.3, 0.4) is 0 Å². The maximum Gasteiger partial charge on any atom is 0.342 e. The van der Waals surface area contributed by atoms with Gasteiger partial charge >= 0.3 is 6.03 Å². The van der Waals surface area contributed by atoms with Crippen molar-refractivity contribution >= 4 is 11.7 Å². The Morgan fingerprint density at radius 1 is 1.64 bits per heavy atom. The van der Waals surface area contributed by atoms with E-state index in [4.69, 9.17) is 0 Å². The molecule has 0 radical (unpaired) electrons. The van der Waals surface area contributed by atoms with Gasteiger partial charge in [0.1, 0.15) is 0 Å². The summed E-state index contributed by atoms with van der Waals surface area (Å²) in [4.78, 5) is 14.6. The molecule has 11 heavy (non-hydrogen) atoms. The summed E-state index contributed by atoms with van der Waals surface area (Å²) in [6.07, 6.45) is 5.75. The number of rotatable bonds is 0. The number of nitrogens with zero attached hydrogens (tertiary/aromatic N) is 1. The smallest absolute Gasteiger partial charge is 0.324 e. The molecular formula is C8H8N2O. The summed E-state index contributed by atoms with van der Waals surface area (Å²) in [5, 5.41) is 2.74. The molecule has 56 valence electrons. The van der Waals surface area contributed by atoms with Crippen LogP contribution in [0.2, 0.25) is 0 Å². The Kier molecular flexibility index (Phi) is 1.18. The second-order valence-electron chi connectivity index (χ2n) is 2.69. The van der Waals surface area contributed by atoms with Crippen molar-refractivity contribution in [3.63, 3.8) is 0 Å². The van der Waals surface area contributed by atoms with E-state index in [1.807, 2.05) is 25.2 Å². The molecule has 1 N–H and O–H groups in total. The molecule has 0 fully saturated rings. The lowest BCUT2D eigenvalue weighted by atomic mass is 10.00. The Morgan fingerprint density at radius 3 is 3.18 bits per heavy atom. The first-order valence-electron chi connectivity index (χ1n) is 3.51. The van der Waals surface area contributed by atoms with Crippen LogP contribution in [-0.4, -0.2) is 17.8 Å². The highest BCUT2D eigenvalue weighted by molar-refractivity contribution is 6.13. The first-order valence-corrected chi connectivity index (χ1v) is 3.51. The standard InChI is InChI=1S/C8H8N2O/c1-5-3-2-4-6-7(5)10-8(11)9-6/h2-4,7H,1H3,(H,10,11). The minimum absolute atomic E-state index is 0.0347. The van der Waals surface area contributed by atoms with Gasteiger partial charge in [0.05, 0.1) is 11.8 Å². The molecular weight excluding hydrogens is 140 g/mol. The number of urea groups is 1. The Hall–Kier alpha value is -1.38. The molecule has 0 spiro atoms. The molecule has 2 rings (SSSR count). The topological polar surface area (TPSA) is 41.5 Å². The van der Waals surface area contributed by atoms with Crippen molar-refractivity contribution in [2.24, 2.45) is 4.99 Å². The molecule has 0 bridgehead atoms. The maximum absolute atomic E-state index is 10.8. The zero-order chi connectivity index (χ0) is 7.84. The van der Waals surface area contributed by atoms with Crippen LogP contribution in [0.25, 0.3) is 0 Å². The highest BCUT2D eigenvalue weighted by atomic mass is 16.2. The summed E-state index contributed by atoms with van der Waals surface area (Å²) in [6.45, 7) is 1.98. The Balaban J connectivity index is 2.40. The van der Waals surface area contributed by atoms with Gasteiger partial charge in [0.15, 0.2) is 0 Å². The third kappa shape index (κ3) is 0.888. The zero-order valence-corrected chi connectivity index (χ0v) is 6.16. The Labute approximate surface area is 64.5 Å². The van der Waals surface area contributed by atoms with Gasteiger partial charge < -0.3 is 5.32 Å². The third-order valence-electron chi connectivity index (χ3n) is 1.88. The zero-order valence-electron chi connectivity index (χ0n) is 6.16. The molecule has 0 aromatic heterocycles. The van der Waals surface area contributed by atoms with Gasteiger partial charge in [-0.3, -0.25) is 0 Å². The monoisotopic (exact) mass is 148 g/mol. The summed E-state index contributed by atoms with van der Waals surface area (Å²) in [6, 6.07) is -0.197. The molecule has 1 atom stereocenters. The number of hydrogen-bond acceptors (Lipinski definition) is 1. The SMILES string of the molecule is CC1=CC=CC2=NC(=O)NC12. The second-order valence-corrected chi connectivity index (χ2v) is 2.69. The van der Waals surface area contributed by atoms with Gasteiger partial charge in [-0.15, -0.1) is 0 Å². The lowest BCUT2D eigenvalue weighted by Gasteiger charge is -2.13. The first kappa shape index (κ1) is 6.34. The highest BCUT2D eigenvalue weighted by Gasteiger charge is 2.26. The fourth-order valence-corrected chi connectivity index (χ4v) is 1.29. The van der Waals surface area contributed by atoms with E-state index in [0.717, 1.165) is 11.3 Å². The van der Waals surface area contributed by atoms with Gasteiger partial charge in [-0.05, 0) is 18.6 Å². The van der Waals surface area contributed by atoms with Gasteiger partial charge in [-0.25, -0.2) is 4.79 Å². The molecule has 2 amide bonds. The van der Waals surface area contributed by atoms with Crippen molar-refractivity contribution in [3.05, 3.63) is 23.8 Å². The minimum atomic E-state index is -0.232. The van der Waals surface area contributed by atoms with Crippen LogP contribution in [0.5, 0.6) is 0 Å². The second kappa shape index (κ2) is 2.05. The number of amides is 2. The molecule has 0 aromatic rings. The van der Waals surface area contributed by atoms with Gasteiger partial charge in [-0.2, -0.15) is 4.99 Å². The number of carbonyl (C=O) groups excluding carboxylic acids is 1. The predicted molar refractivity (Wildman–Crippen MR) is 42.7 cm³/mol. The molecule has 0 aromatic carbocycles. The van der Waals surface area contributed by atoms with E-state index in [1.165, 1.54) is 0 Å². The number of nitrogens with one attached hydrogen (secondary N) is 1. The van der Waals surface area contributed by atoms with Crippen LogP contribution >= 0.6 is 0 Å². The minimum Gasteiger partial charge on any atom is -0.324 e. The molecule has 3 nitrogen and oxygen atoms in total. The van der Waals surface area contributed by atoms with E-state index >= 15 is 0 Å². The lowest BCUT2D eigenvalue weighted by molar-refractivity contribution is 0.251. The van der Waals surface area contributed by atoms with E-state index in [-0.39, 0.29) is 12.1 Å². The molecule has 0 saturated heterocycles. The quantitative estimate of drug-likeness (QED) is 0.547. The van der Waals surface area contributed by atoms with E-state index in [2.05, 4.69) is 10.3 Å². The number of fused-ring (bicyclic) bond motifs is 1. The van der Waals surface area contributed by atoms with Crippen LogP contribution < -0.4 is 5.32 Å². The average molecular weight is 148 g/mol. The van der Waals surface area contributed by atoms with Gasteiger partial charge in [-0.1, -0.05) is 12.2 Å². The van der Waals surface area contributed by atoms with Crippen molar-refractivity contribution in [1.82, 2.24) is 5.32 Å². The molecule has 1 heterocycles. The fourth-order valence-electron chi connectivity index (χ4n) is 1.29. The number of hydrogen-bond donors (Lipinski definition) is 1. The normalized spacial score (nSPS) is 27.4. The molecule has 1 unspecified atom stereocenters. The summed E-state index contributed by atoms with van der Waals surface area (Å²) < 4.78 is 0. The number of allylic oxidation sites excluding steroid dienone is 2. The van der Waals surface area contributed by atoms with Crippen LogP contribution in [-0.2, 0) is 0 Å². The molecule has 0 saturated carbocycles. The summed E-state index contributed by atoms with van der Waals surface area (Å²) in [5.74, 6) is 0. The van der Waals surface area contributed by atoms with Crippen molar-refractivity contribution in [2.45, 2.75) is 13.0 Å². The molecule has 1 aliphatic heterocycles. The summed E-state index contributed by atoms with van der Waals surface area (Å²) in [5.41, 5.74) is 1.96. The van der Waals surface area contributed by atoms with E-state index < -0.39 is 0 Å². The molecule has 2 aliphatic rings. The van der Waals surface area contributed by atoms with E-state index in [1.54, 1.807) is 0 Å². The highest BCUT2D eigenvalue weighted by Crippen LogP contribution is 2.14. The van der Waals surface area contributed by atoms with Crippen molar-refractivity contribution in [1.29, 1.82) is 0 Å². The lowest BCUT2D eigenvalue weighted by Crippen LogP contribution is -2.33. The van der Waals surface area contributed by atoms with E-state index in [0.29, 0.717) is 0 Å². The van der Waals surface area contributed by atoms with Crippen molar-refractivity contribution < 1.29 is 4.79 Å². The number of carbonyl (C=O) groups is 1. The van der Waals surface area contributed by atoms with Gasteiger partial charge in [0, 0.05) is 0 Å². The molecule has 3 heteroatoms. The largest absolute Gasteiger partial charge is 0.342 e. The van der Waals surface area contributed by atoms with Gasteiger partial charge in [0.25, 0.3) is 0 Å². The average Bonchev–Trinajstić information content (AvgIpc) is 2.31. The fraction of sp³-hybridized carbons (Fsp3) is 0.250. The third-order valence-corrected chi connectivity index (χ3v) is 1.88. The predicted octanol–water partition coefficient (Wildman–Crippen LogP) is 1.04. The number of aliphatic imine (C=N–C) groups is 1. The maximum atomic E-state index is 10.8. The van der Waals surface area contributed by atoms with Crippen LogP contribution in [0.1, 0.15) is 6.92 Å².